The topological polar surface area (TPSA) is 80.7 Å². The molecule has 1 saturated heterocycles. The smallest absolute Gasteiger partial charge is 0.325 e. The van der Waals surface area contributed by atoms with Gasteiger partial charge in [-0.3, -0.25) is 0 Å². The van der Waals surface area contributed by atoms with E-state index in [1.807, 2.05) is 7.11 Å². The van der Waals surface area contributed by atoms with Gasteiger partial charge in [-0.05, 0) is 145 Å². The van der Waals surface area contributed by atoms with Gasteiger partial charge in [0.25, 0.3) is 0 Å². The maximum Gasteiger partial charge on any atom is 0.325 e. The lowest BCUT2D eigenvalue weighted by atomic mass is 9.79. The fraction of sp³-hybridized carbons (Fsp3) is 1.00. The Balaban J connectivity index is 1.38. The first kappa shape index (κ1) is 33.3. The molecule has 9 heteroatoms. The van der Waals surface area contributed by atoms with Gasteiger partial charge in [0.2, 0.25) is 0 Å². The van der Waals surface area contributed by atoms with Crippen LogP contribution in [0.15, 0.2) is 0 Å². The molecule has 0 radical (unpaired) electrons. The monoisotopic (exact) mass is 614 g/mol. The van der Waals surface area contributed by atoms with Gasteiger partial charge >= 0.3 is 17.1 Å². The lowest BCUT2D eigenvalue weighted by Crippen LogP contribution is -2.56. The number of aliphatic hydroxyl groups excluding tert-OH is 2. The van der Waals surface area contributed by atoms with Crippen molar-refractivity contribution in [2.24, 2.45) is 29.6 Å². The molecule has 6 nitrogen and oxygen atoms in total. The zero-order valence-corrected chi connectivity index (χ0v) is 29.8. The third-order valence-corrected chi connectivity index (χ3v) is 23.2. The van der Waals surface area contributed by atoms with Crippen molar-refractivity contribution in [2.45, 2.75) is 160 Å². The first-order chi connectivity index (χ1) is 18.8. The first-order valence-electron chi connectivity index (χ1n) is 16.8. The van der Waals surface area contributed by atoms with Crippen molar-refractivity contribution < 1.29 is 27.6 Å². The third-order valence-electron chi connectivity index (χ3n) is 11.1. The molecule has 4 fully saturated rings. The Morgan fingerprint density at radius 1 is 0.625 bits per heavy atom. The number of hydrogen-bond acceptors (Lipinski definition) is 6. The molecule has 3 saturated carbocycles. The highest BCUT2D eigenvalue weighted by atomic mass is 28.5. The standard InChI is InChI=1S/C31H62O6Si3/c1-23-20-25(8-11-28(23)32)14-17-38(4,5)36-40(7,19-16-26-9-12-29(33)24(2)21-26)37-39(6,34-3)18-15-27-10-13-30-31(22-27)35-30/h23-33H,8-22H2,1-7H3. The van der Waals surface area contributed by atoms with Crippen LogP contribution in [0.1, 0.15) is 90.9 Å². The summed E-state index contributed by atoms with van der Waals surface area (Å²) in [5.74, 6) is 2.91. The van der Waals surface area contributed by atoms with Crippen LogP contribution in [0.3, 0.4) is 0 Å². The van der Waals surface area contributed by atoms with E-state index in [0.29, 0.717) is 35.9 Å². The van der Waals surface area contributed by atoms with Gasteiger partial charge < -0.3 is 27.6 Å². The van der Waals surface area contributed by atoms with Gasteiger partial charge in [0.05, 0.1) is 24.4 Å². The van der Waals surface area contributed by atoms with Gasteiger partial charge in [0.15, 0.2) is 8.32 Å². The average molecular weight is 615 g/mol. The molecule has 0 bridgehead atoms. The van der Waals surface area contributed by atoms with E-state index in [1.165, 1.54) is 32.1 Å². The summed E-state index contributed by atoms with van der Waals surface area (Å²) in [5, 5.41) is 20.5. The highest BCUT2D eigenvalue weighted by Gasteiger charge is 2.48. The molecule has 0 aromatic heterocycles. The Hall–Kier alpha value is 0.411. The quantitative estimate of drug-likeness (QED) is 0.157. The summed E-state index contributed by atoms with van der Waals surface area (Å²) in [6.07, 6.45) is 14.5. The zero-order valence-electron chi connectivity index (χ0n) is 26.8. The van der Waals surface area contributed by atoms with Crippen molar-refractivity contribution in [3.05, 3.63) is 0 Å². The van der Waals surface area contributed by atoms with E-state index in [1.54, 1.807) is 0 Å². The fourth-order valence-corrected chi connectivity index (χ4v) is 22.2. The van der Waals surface area contributed by atoms with Gasteiger partial charge in [0.1, 0.15) is 0 Å². The minimum Gasteiger partial charge on any atom is -0.436 e. The summed E-state index contributed by atoms with van der Waals surface area (Å²) in [7, 11) is -4.97. The lowest BCUT2D eigenvalue weighted by molar-refractivity contribution is 0.0560. The first-order valence-corrected chi connectivity index (χ1v) is 24.9. The van der Waals surface area contributed by atoms with Crippen molar-refractivity contribution in [3.8, 4) is 0 Å². The SMILES string of the molecule is CO[Si](C)(CCC1CCC2OC2C1)O[Si](C)(CCC1CCC(O)C(C)C1)O[Si](C)(C)CCC1CCC(O)C(C)C1. The lowest BCUT2D eigenvalue weighted by Gasteiger charge is -2.43. The maximum atomic E-state index is 10.3. The molecule has 234 valence electrons. The van der Waals surface area contributed by atoms with Crippen LogP contribution >= 0.6 is 0 Å². The molecule has 1 heterocycles. The molecule has 4 rings (SSSR count). The molecule has 11 atom stereocenters. The van der Waals surface area contributed by atoms with Gasteiger partial charge in [-0.25, -0.2) is 0 Å². The summed E-state index contributed by atoms with van der Waals surface area (Å²) < 4.78 is 26.6. The summed E-state index contributed by atoms with van der Waals surface area (Å²) in [6, 6.07) is 3.22. The Morgan fingerprint density at radius 2 is 1.12 bits per heavy atom. The molecular weight excluding hydrogens is 553 g/mol. The van der Waals surface area contributed by atoms with Crippen molar-refractivity contribution in [1.82, 2.24) is 0 Å². The molecule has 0 aromatic carbocycles. The summed E-state index contributed by atoms with van der Waals surface area (Å²) in [6.45, 7) is 13.8. The van der Waals surface area contributed by atoms with Crippen LogP contribution in [0.5, 0.6) is 0 Å². The Morgan fingerprint density at radius 3 is 1.65 bits per heavy atom. The number of ether oxygens (including phenoxy) is 1. The van der Waals surface area contributed by atoms with Crippen LogP contribution in [0.4, 0.5) is 0 Å². The van der Waals surface area contributed by atoms with E-state index in [0.717, 1.165) is 69.0 Å². The van der Waals surface area contributed by atoms with Crippen molar-refractivity contribution in [1.29, 1.82) is 0 Å². The molecule has 0 spiro atoms. The average Bonchev–Trinajstić information content (AvgIpc) is 3.68. The van der Waals surface area contributed by atoms with Gasteiger partial charge in [-0.1, -0.05) is 20.3 Å². The summed E-state index contributed by atoms with van der Waals surface area (Å²) >= 11 is 0. The summed E-state index contributed by atoms with van der Waals surface area (Å²) in [4.78, 5) is 0. The van der Waals surface area contributed by atoms with Crippen LogP contribution in [-0.2, 0) is 17.4 Å². The van der Waals surface area contributed by atoms with Crippen LogP contribution < -0.4 is 0 Å². The normalized spacial score (nSPS) is 39.7. The minimum atomic E-state index is -2.50. The van der Waals surface area contributed by atoms with E-state index in [9.17, 15) is 10.2 Å². The predicted octanol–water partition coefficient (Wildman–Crippen LogP) is 7.35. The van der Waals surface area contributed by atoms with E-state index in [4.69, 9.17) is 17.4 Å². The van der Waals surface area contributed by atoms with Gasteiger partial charge in [0, 0.05) is 7.11 Å². The van der Waals surface area contributed by atoms with E-state index < -0.39 is 25.4 Å². The van der Waals surface area contributed by atoms with Crippen LogP contribution in [-0.4, -0.2) is 67.2 Å². The highest BCUT2D eigenvalue weighted by molar-refractivity contribution is 6.87. The molecular formula is C31H62O6Si3. The molecule has 40 heavy (non-hydrogen) atoms. The van der Waals surface area contributed by atoms with Gasteiger partial charge in [-0.2, -0.15) is 0 Å². The van der Waals surface area contributed by atoms with E-state index in [-0.39, 0.29) is 12.2 Å². The molecule has 2 N–H and O–H groups in total. The second-order valence-corrected chi connectivity index (χ2v) is 27.0. The fourth-order valence-electron chi connectivity index (χ4n) is 8.15. The molecule has 4 aliphatic rings. The Bertz CT molecular complexity index is 803. The maximum absolute atomic E-state index is 10.3. The number of aliphatic hydroxyl groups is 2. The number of epoxide rings is 1. The second-order valence-electron chi connectivity index (χ2n) is 15.4. The second kappa shape index (κ2) is 14.0. The summed E-state index contributed by atoms with van der Waals surface area (Å²) in [5.41, 5.74) is 0. The number of fused-ring (bicyclic) bond motifs is 1. The molecule has 0 amide bonds. The third kappa shape index (κ3) is 9.71. The van der Waals surface area contributed by atoms with Crippen molar-refractivity contribution in [2.75, 3.05) is 7.11 Å². The largest absolute Gasteiger partial charge is 0.436 e. The van der Waals surface area contributed by atoms with Gasteiger partial charge in [-0.15, -0.1) is 0 Å². The van der Waals surface area contributed by atoms with Crippen LogP contribution in [0, 0.1) is 29.6 Å². The minimum absolute atomic E-state index is 0.117. The van der Waals surface area contributed by atoms with E-state index in [2.05, 4.69) is 40.0 Å². The molecule has 3 aliphatic carbocycles. The molecule has 11 unspecified atom stereocenters. The van der Waals surface area contributed by atoms with E-state index >= 15 is 0 Å². The van der Waals surface area contributed by atoms with Crippen molar-refractivity contribution >= 4 is 25.4 Å². The zero-order chi connectivity index (χ0) is 29.1. The van der Waals surface area contributed by atoms with Crippen molar-refractivity contribution in [3.63, 3.8) is 0 Å². The number of hydrogen-bond donors (Lipinski definition) is 2. The molecule has 0 aromatic rings. The molecule has 1 aliphatic heterocycles. The highest BCUT2D eigenvalue weighted by Crippen LogP contribution is 2.43. The van der Waals surface area contributed by atoms with Crippen LogP contribution in [0.2, 0.25) is 44.3 Å². The predicted molar refractivity (Wildman–Crippen MR) is 169 cm³/mol. The number of rotatable bonds is 14. The Labute approximate surface area is 248 Å². The van der Waals surface area contributed by atoms with Crippen LogP contribution in [0.25, 0.3) is 0 Å². The Kier molecular flexibility index (Phi) is 11.7.